The van der Waals surface area contributed by atoms with Crippen LogP contribution in [0.5, 0.6) is 11.5 Å². The summed E-state index contributed by atoms with van der Waals surface area (Å²) in [5.41, 5.74) is 1.62. The number of hydrogen-bond acceptors (Lipinski definition) is 8. The van der Waals surface area contributed by atoms with Crippen LogP contribution in [-0.4, -0.2) is 86.7 Å². The van der Waals surface area contributed by atoms with Gasteiger partial charge in [-0.25, -0.2) is 9.59 Å². The molecule has 2 heterocycles. The average molecular weight is 511 g/mol. The van der Waals surface area contributed by atoms with Crippen molar-refractivity contribution in [1.82, 2.24) is 4.90 Å². The minimum absolute atomic E-state index is 0.126. The minimum atomic E-state index is -0.903. The van der Waals surface area contributed by atoms with Crippen molar-refractivity contribution in [2.45, 2.75) is 43.4 Å². The van der Waals surface area contributed by atoms with Gasteiger partial charge in [0.2, 0.25) is 0 Å². The zero-order valence-corrected chi connectivity index (χ0v) is 21.4. The van der Waals surface area contributed by atoms with Crippen LogP contribution in [0, 0.1) is 0 Å². The molecule has 198 valence electrons. The maximum Gasteiger partial charge on any atom is 0.341 e. The lowest BCUT2D eigenvalue weighted by Crippen LogP contribution is -2.61. The SMILES string of the molecule is COC(=O)c1ccc(OC2CC(N3CCOC4(CCN(c5ccc(C(=O)O)cc5)CC4)C3)C2)cc1OC. The predicted octanol–water partition coefficient (Wildman–Crippen LogP) is 3.46. The first kappa shape index (κ1) is 25.4. The Balaban J connectivity index is 1.12. The van der Waals surface area contributed by atoms with E-state index < -0.39 is 11.9 Å². The standard InChI is InChI=1S/C28H34N2O7/c1-34-25-17-22(7-8-24(25)27(33)35-2)37-23-15-21(16-23)30-13-14-36-28(18-30)9-11-29(12-10-28)20-5-3-19(4-6-20)26(31)32/h3-8,17,21,23H,9-16,18H2,1-2H3,(H,31,32). The number of carbonyl (C=O) groups is 2. The smallest absolute Gasteiger partial charge is 0.341 e. The first-order chi connectivity index (χ1) is 17.9. The molecule has 2 aromatic carbocycles. The Morgan fingerprint density at radius 2 is 1.76 bits per heavy atom. The van der Waals surface area contributed by atoms with E-state index >= 15 is 0 Å². The molecule has 5 rings (SSSR count). The maximum atomic E-state index is 11.9. The first-order valence-corrected chi connectivity index (χ1v) is 12.8. The van der Waals surface area contributed by atoms with Crippen LogP contribution in [0.15, 0.2) is 42.5 Å². The first-order valence-electron chi connectivity index (χ1n) is 12.8. The van der Waals surface area contributed by atoms with Crippen molar-refractivity contribution >= 4 is 17.6 Å². The molecule has 2 aliphatic heterocycles. The van der Waals surface area contributed by atoms with Crippen molar-refractivity contribution in [1.29, 1.82) is 0 Å². The van der Waals surface area contributed by atoms with Gasteiger partial charge in [0, 0.05) is 56.8 Å². The highest BCUT2D eigenvalue weighted by Gasteiger charge is 2.44. The number of anilines is 1. The Morgan fingerprint density at radius 3 is 2.41 bits per heavy atom. The van der Waals surface area contributed by atoms with E-state index in [-0.39, 0.29) is 11.7 Å². The van der Waals surface area contributed by atoms with E-state index in [9.17, 15) is 9.59 Å². The van der Waals surface area contributed by atoms with Crippen LogP contribution in [0.25, 0.3) is 0 Å². The molecule has 2 aromatic rings. The van der Waals surface area contributed by atoms with Gasteiger partial charge < -0.3 is 29.0 Å². The Hall–Kier alpha value is -3.30. The van der Waals surface area contributed by atoms with E-state index in [0.717, 1.165) is 64.2 Å². The van der Waals surface area contributed by atoms with Crippen LogP contribution >= 0.6 is 0 Å². The molecule has 3 aliphatic rings. The van der Waals surface area contributed by atoms with Gasteiger partial charge in [0.05, 0.1) is 32.0 Å². The third-order valence-electron chi connectivity index (χ3n) is 7.90. The third-order valence-corrected chi connectivity index (χ3v) is 7.90. The van der Waals surface area contributed by atoms with Crippen molar-refractivity contribution in [3.05, 3.63) is 53.6 Å². The highest BCUT2D eigenvalue weighted by molar-refractivity contribution is 5.92. The lowest BCUT2D eigenvalue weighted by molar-refractivity contribution is -0.143. The van der Waals surface area contributed by atoms with Crippen LogP contribution in [0.2, 0.25) is 0 Å². The summed E-state index contributed by atoms with van der Waals surface area (Å²) in [5, 5.41) is 9.13. The van der Waals surface area contributed by atoms with Gasteiger partial charge in [0.1, 0.15) is 23.2 Å². The van der Waals surface area contributed by atoms with Crippen molar-refractivity contribution in [2.24, 2.45) is 0 Å². The molecule has 2 saturated heterocycles. The van der Waals surface area contributed by atoms with E-state index in [4.69, 9.17) is 24.1 Å². The zero-order chi connectivity index (χ0) is 26.0. The number of methoxy groups -OCH3 is 2. The summed E-state index contributed by atoms with van der Waals surface area (Å²) >= 11 is 0. The molecular formula is C28H34N2O7. The Labute approximate surface area is 216 Å². The molecule has 1 N–H and O–H groups in total. The normalized spacial score (nSPS) is 23.2. The summed E-state index contributed by atoms with van der Waals surface area (Å²) < 4.78 is 22.7. The van der Waals surface area contributed by atoms with E-state index in [1.165, 1.54) is 14.2 Å². The monoisotopic (exact) mass is 510 g/mol. The van der Waals surface area contributed by atoms with E-state index in [1.54, 1.807) is 30.3 Å². The number of hydrogen-bond donors (Lipinski definition) is 1. The Morgan fingerprint density at radius 1 is 1.03 bits per heavy atom. The van der Waals surface area contributed by atoms with E-state index in [0.29, 0.717) is 28.7 Å². The summed E-state index contributed by atoms with van der Waals surface area (Å²) in [6.45, 7) is 4.38. The molecule has 0 atom stereocenters. The van der Waals surface area contributed by atoms with Crippen LogP contribution in [0.3, 0.4) is 0 Å². The topological polar surface area (TPSA) is 97.8 Å². The molecule has 3 fully saturated rings. The largest absolute Gasteiger partial charge is 0.496 e. The number of piperidine rings is 1. The van der Waals surface area contributed by atoms with Crippen molar-refractivity contribution < 1.29 is 33.6 Å². The fraction of sp³-hybridized carbons (Fsp3) is 0.500. The molecule has 0 amide bonds. The second-order valence-corrected chi connectivity index (χ2v) is 10.1. The minimum Gasteiger partial charge on any atom is -0.496 e. The number of carbonyl (C=O) groups excluding carboxylic acids is 1. The van der Waals surface area contributed by atoms with Gasteiger partial charge in [-0.1, -0.05) is 0 Å². The van der Waals surface area contributed by atoms with Gasteiger partial charge in [-0.05, 0) is 49.2 Å². The zero-order valence-electron chi connectivity index (χ0n) is 21.4. The molecule has 1 saturated carbocycles. The molecule has 9 heteroatoms. The van der Waals surface area contributed by atoms with Crippen LogP contribution in [0.1, 0.15) is 46.4 Å². The summed E-state index contributed by atoms with van der Waals surface area (Å²) in [4.78, 5) is 27.9. The Bertz CT molecular complexity index is 1120. The number of benzene rings is 2. The second-order valence-electron chi connectivity index (χ2n) is 10.1. The fourth-order valence-electron chi connectivity index (χ4n) is 5.62. The number of esters is 1. The van der Waals surface area contributed by atoms with Gasteiger partial charge in [-0.2, -0.15) is 0 Å². The molecule has 1 spiro atoms. The number of aromatic carboxylic acids is 1. The van der Waals surface area contributed by atoms with Gasteiger partial charge in [0.25, 0.3) is 0 Å². The summed E-state index contributed by atoms with van der Waals surface area (Å²) in [5.74, 6) is -0.204. The second kappa shape index (κ2) is 10.6. The van der Waals surface area contributed by atoms with E-state index in [2.05, 4.69) is 9.80 Å². The third kappa shape index (κ3) is 5.38. The predicted molar refractivity (Wildman–Crippen MR) is 137 cm³/mol. The average Bonchev–Trinajstić information content (AvgIpc) is 2.90. The lowest BCUT2D eigenvalue weighted by atomic mass is 9.83. The number of carboxylic acids is 1. The molecule has 1 aliphatic carbocycles. The van der Waals surface area contributed by atoms with Crippen molar-refractivity contribution in [3.63, 3.8) is 0 Å². The van der Waals surface area contributed by atoms with Crippen LogP contribution in [0.4, 0.5) is 5.69 Å². The molecule has 37 heavy (non-hydrogen) atoms. The number of rotatable bonds is 7. The number of morpholine rings is 1. The van der Waals surface area contributed by atoms with Crippen LogP contribution in [-0.2, 0) is 9.47 Å². The van der Waals surface area contributed by atoms with Crippen LogP contribution < -0.4 is 14.4 Å². The van der Waals surface area contributed by atoms with Gasteiger partial charge in [-0.3, -0.25) is 4.90 Å². The van der Waals surface area contributed by atoms with Gasteiger partial charge >= 0.3 is 11.9 Å². The molecule has 0 radical (unpaired) electrons. The van der Waals surface area contributed by atoms with E-state index in [1.807, 2.05) is 12.1 Å². The summed E-state index contributed by atoms with van der Waals surface area (Å²) in [7, 11) is 2.88. The number of carboxylic acid groups (broad SMARTS) is 1. The summed E-state index contributed by atoms with van der Waals surface area (Å²) in [6, 6.07) is 12.8. The highest BCUT2D eigenvalue weighted by atomic mass is 16.5. The lowest BCUT2D eigenvalue weighted by Gasteiger charge is -2.52. The molecule has 0 aromatic heterocycles. The van der Waals surface area contributed by atoms with Gasteiger partial charge in [0.15, 0.2) is 0 Å². The summed E-state index contributed by atoms with van der Waals surface area (Å²) in [6.07, 6.45) is 3.94. The fourth-order valence-corrected chi connectivity index (χ4v) is 5.62. The molecule has 0 bridgehead atoms. The quantitative estimate of drug-likeness (QED) is 0.562. The molecular weight excluding hydrogens is 476 g/mol. The Kier molecular flexibility index (Phi) is 7.26. The van der Waals surface area contributed by atoms with Crippen molar-refractivity contribution in [2.75, 3.05) is 51.9 Å². The maximum absolute atomic E-state index is 11.9. The molecule has 0 unspecified atom stereocenters. The number of ether oxygens (including phenoxy) is 4. The van der Waals surface area contributed by atoms with Gasteiger partial charge in [-0.15, -0.1) is 0 Å². The number of nitrogens with zero attached hydrogens (tertiary/aromatic N) is 2. The van der Waals surface area contributed by atoms with Crippen molar-refractivity contribution in [3.8, 4) is 11.5 Å². The molecule has 9 nitrogen and oxygen atoms in total. The highest BCUT2D eigenvalue weighted by Crippen LogP contribution is 2.37.